The Morgan fingerprint density at radius 3 is 0.897 bits per heavy atom. The van der Waals surface area contributed by atoms with Gasteiger partial charge < -0.3 is 0 Å². The van der Waals surface area contributed by atoms with Gasteiger partial charge in [0, 0.05) is 0 Å². The van der Waals surface area contributed by atoms with Crippen LogP contribution >= 0.6 is 0 Å². The summed E-state index contributed by atoms with van der Waals surface area (Å²) in [6.07, 6.45) is -14.2. The smallest absolute Gasteiger partial charge is 0.247 e. The van der Waals surface area contributed by atoms with Crippen molar-refractivity contribution in [1.29, 1.82) is 0 Å². The molecule has 4 heterocycles. The maximum Gasteiger partial charge on any atom is 0.416 e. The summed E-state index contributed by atoms with van der Waals surface area (Å²) in [4.78, 5) is 13.1. The van der Waals surface area contributed by atoms with Gasteiger partial charge in [-0.2, -0.15) is 39.5 Å². The Kier molecular flexibility index (Phi) is 4.28. The van der Waals surface area contributed by atoms with Crippen LogP contribution in [0.3, 0.4) is 0 Å². The number of aromatic nitrogens is 6. The van der Waals surface area contributed by atoms with E-state index in [2.05, 4.69) is 15.0 Å². The molecular formula is C24H9F9N6. The van der Waals surface area contributed by atoms with Crippen molar-refractivity contribution in [3.63, 3.8) is 0 Å². The average molecular weight is 552 g/mol. The molecule has 0 unspecified atom stereocenters. The topological polar surface area (TPSA) is 51.9 Å². The molecule has 0 N–H and O–H groups in total. The molecule has 6 nitrogen and oxygen atoms in total. The van der Waals surface area contributed by atoms with Crippen molar-refractivity contribution in [3.8, 4) is 0 Å². The van der Waals surface area contributed by atoms with Crippen LogP contribution in [0.15, 0.2) is 54.6 Å². The Morgan fingerprint density at radius 1 is 0.410 bits per heavy atom. The van der Waals surface area contributed by atoms with Crippen LogP contribution in [0.4, 0.5) is 39.5 Å². The van der Waals surface area contributed by atoms with E-state index in [0.717, 1.165) is 67.8 Å². The summed E-state index contributed by atoms with van der Waals surface area (Å²) in [5.41, 5.74) is -3.25. The van der Waals surface area contributed by atoms with Gasteiger partial charge in [-0.15, -0.1) is 0 Å². The van der Waals surface area contributed by atoms with Crippen molar-refractivity contribution in [1.82, 2.24) is 28.2 Å². The highest BCUT2D eigenvalue weighted by Crippen LogP contribution is 2.37. The second kappa shape index (κ2) is 7.09. The van der Waals surface area contributed by atoms with E-state index in [4.69, 9.17) is 0 Å². The summed E-state index contributed by atoms with van der Waals surface area (Å²) in [6.45, 7) is 0. The van der Waals surface area contributed by atoms with E-state index in [1.807, 2.05) is 0 Å². The minimum atomic E-state index is -4.73. The van der Waals surface area contributed by atoms with E-state index in [0.29, 0.717) is 0 Å². The number of rotatable bonds is 0. The summed E-state index contributed by atoms with van der Waals surface area (Å²) in [5, 5.41) is 0. The molecule has 0 amide bonds. The Hall–Kier alpha value is -4.56. The van der Waals surface area contributed by atoms with Crippen molar-refractivity contribution in [3.05, 3.63) is 71.3 Å². The molecule has 0 fully saturated rings. The maximum absolute atomic E-state index is 13.5. The van der Waals surface area contributed by atoms with Gasteiger partial charge in [-0.1, -0.05) is 0 Å². The number of halogens is 9. The Labute approximate surface area is 208 Å². The molecule has 198 valence electrons. The fourth-order valence-corrected chi connectivity index (χ4v) is 4.76. The van der Waals surface area contributed by atoms with Gasteiger partial charge in [0.25, 0.3) is 0 Å². The van der Waals surface area contributed by atoms with Crippen LogP contribution < -0.4 is 0 Å². The highest BCUT2D eigenvalue weighted by atomic mass is 19.4. The van der Waals surface area contributed by atoms with Gasteiger partial charge in [-0.3, -0.25) is 0 Å². The third-order valence-corrected chi connectivity index (χ3v) is 6.49. The summed E-state index contributed by atoms with van der Waals surface area (Å²) < 4.78 is 125. The first-order chi connectivity index (χ1) is 18.2. The van der Waals surface area contributed by atoms with Crippen molar-refractivity contribution in [2.45, 2.75) is 18.5 Å². The lowest BCUT2D eigenvalue weighted by molar-refractivity contribution is -0.138. The molecule has 7 aromatic rings. The zero-order chi connectivity index (χ0) is 27.6. The summed E-state index contributed by atoms with van der Waals surface area (Å²) >= 11 is 0. The fraction of sp³-hybridized carbons (Fsp3) is 0.125. The van der Waals surface area contributed by atoms with E-state index in [-0.39, 0.29) is 50.4 Å². The van der Waals surface area contributed by atoms with E-state index >= 15 is 0 Å². The molecule has 0 aliphatic heterocycles. The van der Waals surface area contributed by atoms with Gasteiger partial charge in [-0.05, 0) is 54.6 Å². The third kappa shape index (κ3) is 3.28. The molecule has 39 heavy (non-hydrogen) atoms. The molecule has 0 bridgehead atoms. The Morgan fingerprint density at radius 2 is 0.667 bits per heavy atom. The molecule has 7 rings (SSSR count). The Bertz CT molecular complexity index is 1870. The SMILES string of the molecule is FC(F)(F)c1ccc2nc3n(c2c1)c1nc2ccc(C(F)(F)F)cc2n1c1nc2ccc(C(F)(F)F)cc2n31. The van der Waals surface area contributed by atoms with Crippen LogP contribution in [0.1, 0.15) is 16.7 Å². The van der Waals surface area contributed by atoms with Gasteiger partial charge in [0.05, 0.1) is 49.8 Å². The third-order valence-electron chi connectivity index (χ3n) is 6.49. The number of alkyl halides is 9. The minimum Gasteiger partial charge on any atom is -0.247 e. The first kappa shape index (κ1) is 23.5. The average Bonchev–Trinajstić information content (AvgIpc) is 3.51. The lowest BCUT2D eigenvalue weighted by atomic mass is 10.2. The first-order valence-electron chi connectivity index (χ1n) is 11.0. The molecule has 0 radical (unpaired) electrons. The molecule has 4 aromatic heterocycles. The summed E-state index contributed by atoms with van der Waals surface area (Å²) in [5.74, 6) is -0.375. The van der Waals surface area contributed by atoms with Crippen LogP contribution in [0.25, 0.3) is 50.4 Å². The molecular weight excluding hydrogens is 543 g/mol. The second-order valence-electron chi connectivity index (χ2n) is 8.85. The van der Waals surface area contributed by atoms with Crippen molar-refractivity contribution >= 4 is 50.4 Å². The second-order valence-corrected chi connectivity index (χ2v) is 8.85. The van der Waals surface area contributed by atoms with Crippen molar-refractivity contribution in [2.24, 2.45) is 0 Å². The molecule has 0 saturated heterocycles. The normalized spacial score (nSPS) is 13.8. The quantitative estimate of drug-likeness (QED) is 0.188. The standard InChI is InChI=1S/C24H9F9N6/c25-22(26,27)10-1-4-13-16(7-10)37-19(34-13)38-17-8-11(23(28,29)30)2-5-14(17)36-21(38)39-18-9-12(24(31,32)33)3-6-15(18)35-20(37)39/h1-9H. The van der Waals surface area contributed by atoms with Gasteiger partial charge in [0.15, 0.2) is 0 Å². The van der Waals surface area contributed by atoms with Gasteiger partial charge >= 0.3 is 18.5 Å². The van der Waals surface area contributed by atoms with Gasteiger partial charge in [0.2, 0.25) is 17.3 Å². The van der Waals surface area contributed by atoms with Crippen LogP contribution in [0, 0.1) is 0 Å². The number of hydrogen-bond donors (Lipinski definition) is 0. The van der Waals surface area contributed by atoms with Crippen LogP contribution in [0.5, 0.6) is 0 Å². The summed E-state index contributed by atoms with van der Waals surface area (Å²) in [6, 6.07) is 8.07. The van der Waals surface area contributed by atoms with E-state index in [1.54, 1.807) is 0 Å². The molecule has 0 spiro atoms. The molecule has 0 aliphatic carbocycles. The van der Waals surface area contributed by atoms with Crippen LogP contribution in [-0.2, 0) is 18.5 Å². The lowest BCUT2D eigenvalue weighted by Gasteiger charge is -2.09. The van der Waals surface area contributed by atoms with Crippen LogP contribution in [0.2, 0.25) is 0 Å². The van der Waals surface area contributed by atoms with Crippen molar-refractivity contribution in [2.75, 3.05) is 0 Å². The predicted octanol–water partition coefficient (Wildman–Crippen LogP) is 7.15. The van der Waals surface area contributed by atoms with E-state index in [1.165, 1.54) is 0 Å². The fourth-order valence-electron chi connectivity index (χ4n) is 4.76. The minimum absolute atomic E-state index is 0.0502. The molecule has 0 aliphatic rings. The van der Waals surface area contributed by atoms with Crippen LogP contribution in [-0.4, -0.2) is 28.2 Å². The Balaban J connectivity index is 1.76. The van der Waals surface area contributed by atoms with Crippen molar-refractivity contribution < 1.29 is 39.5 Å². The highest BCUT2D eigenvalue weighted by molar-refractivity contribution is 5.91. The molecule has 0 atom stereocenters. The van der Waals surface area contributed by atoms with E-state index < -0.39 is 35.2 Å². The number of imidazole rings is 3. The predicted molar refractivity (Wildman–Crippen MR) is 120 cm³/mol. The zero-order valence-corrected chi connectivity index (χ0v) is 18.8. The maximum atomic E-state index is 13.5. The number of hydrogen-bond acceptors (Lipinski definition) is 3. The molecule has 3 aromatic carbocycles. The monoisotopic (exact) mass is 552 g/mol. The summed E-state index contributed by atoms with van der Waals surface area (Å²) in [7, 11) is 0. The largest absolute Gasteiger partial charge is 0.416 e. The van der Waals surface area contributed by atoms with E-state index in [9.17, 15) is 39.5 Å². The zero-order valence-electron chi connectivity index (χ0n) is 18.8. The molecule has 15 heteroatoms. The molecule has 0 saturated carbocycles. The first-order valence-corrected chi connectivity index (χ1v) is 11.0. The van der Waals surface area contributed by atoms with Gasteiger partial charge in [-0.25, -0.2) is 28.2 Å². The number of fused-ring (bicyclic) bond motifs is 12. The van der Waals surface area contributed by atoms with Gasteiger partial charge in [0.1, 0.15) is 0 Å². The highest BCUT2D eigenvalue weighted by Gasteiger charge is 2.34. The number of nitrogens with zero attached hydrogens (tertiary/aromatic N) is 6. The number of benzene rings is 3. The lowest BCUT2D eigenvalue weighted by Crippen LogP contribution is -2.07.